The minimum absolute atomic E-state index is 0.0892. The van der Waals surface area contributed by atoms with Crippen molar-refractivity contribution in [2.75, 3.05) is 7.11 Å². The molecule has 3 nitrogen and oxygen atoms in total. The molecular formula is C18H30O3. The summed E-state index contributed by atoms with van der Waals surface area (Å²) in [4.78, 5) is 10.9. The summed E-state index contributed by atoms with van der Waals surface area (Å²) in [6.07, 6.45) is 19.5. The van der Waals surface area contributed by atoms with Crippen LogP contribution in [0.4, 0.5) is 0 Å². The van der Waals surface area contributed by atoms with Crippen LogP contribution in [0.2, 0.25) is 0 Å². The molecule has 120 valence electrons. The lowest BCUT2D eigenvalue weighted by Gasteiger charge is -1.99. The van der Waals surface area contributed by atoms with Crippen LogP contribution in [0.15, 0.2) is 24.3 Å². The van der Waals surface area contributed by atoms with Gasteiger partial charge in [-0.05, 0) is 39.0 Å². The lowest BCUT2D eigenvalue weighted by atomic mass is 10.1. The number of epoxide rings is 1. The molecule has 2 atom stereocenters. The van der Waals surface area contributed by atoms with Crippen molar-refractivity contribution >= 4 is 5.97 Å². The summed E-state index contributed by atoms with van der Waals surface area (Å²) in [6, 6.07) is 0. The molecule has 0 bridgehead atoms. The second-order valence-corrected chi connectivity index (χ2v) is 5.68. The number of carbonyl (C=O) groups is 1. The predicted molar refractivity (Wildman–Crippen MR) is 86.2 cm³/mol. The maximum atomic E-state index is 10.9. The average Bonchev–Trinajstić information content (AvgIpc) is 3.19. The number of esters is 1. The number of methoxy groups -OCH3 is 1. The number of unbranched alkanes of at least 4 members (excludes halogenated alkanes) is 5. The summed E-state index contributed by atoms with van der Waals surface area (Å²) in [5.41, 5.74) is 0. The molecule has 0 amide bonds. The number of ether oxygens (including phenoxy) is 2. The maximum absolute atomic E-state index is 10.9. The van der Waals surface area contributed by atoms with Crippen LogP contribution in [0.5, 0.6) is 0 Å². The van der Waals surface area contributed by atoms with E-state index in [0.29, 0.717) is 18.6 Å². The van der Waals surface area contributed by atoms with E-state index in [-0.39, 0.29) is 5.97 Å². The molecule has 1 rings (SSSR count). The molecule has 0 N–H and O–H groups in total. The summed E-state index contributed by atoms with van der Waals surface area (Å²) in [5.74, 6) is -0.0892. The third kappa shape index (κ3) is 10.3. The van der Waals surface area contributed by atoms with Crippen LogP contribution in [0, 0.1) is 0 Å². The average molecular weight is 294 g/mol. The van der Waals surface area contributed by atoms with E-state index in [1.54, 1.807) is 0 Å². The van der Waals surface area contributed by atoms with Crippen molar-refractivity contribution in [3.05, 3.63) is 24.3 Å². The van der Waals surface area contributed by atoms with Gasteiger partial charge in [-0.3, -0.25) is 4.79 Å². The largest absolute Gasteiger partial charge is 0.469 e. The maximum Gasteiger partial charge on any atom is 0.305 e. The van der Waals surface area contributed by atoms with Crippen molar-refractivity contribution in [3.63, 3.8) is 0 Å². The van der Waals surface area contributed by atoms with Gasteiger partial charge >= 0.3 is 5.97 Å². The van der Waals surface area contributed by atoms with Gasteiger partial charge in [0.15, 0.2) is 0 Å². The van der Waals surface area contributed by atoms with Crippen LogP contribution in [0.25, 0.3) is 0 Å². The van der Waals surface area contributed by atoms with Gasteiger partial charge in [-0.1, -0.05) is 43.6 Å². The van der Waals surface area contributed by atoms with Gasteiger partial charge in [-0.2, -0.15) is 0 Å². The summed E-state index contributed by atoms with van der Waals surface area (Å²) >= 11 is 0. The van der Waals surface area contributed by atoms with Gasteiger partial charge in [0.1, 0.15) is 0 Å². The fraction of sp³-hybridized carbons (Fsp3) is 0.722. The Morgan fingerprint density at radius 2 is 1.71 bits per heavy atom. The van der Waals surface area contributed by atoms with Gasteiger partial charge in [-0.25, -0.2) is 0 Å². The molecule has 0 radical (unpaired) electrons. The first-order valence-electron chi connectivity index (χ1n) is 8.26. The highest BCUT2D eigenvalue weighted by atomic mass is 16.6. The number of hydrogen-bond donors (Lipinski definition) is 0. The van der Waals surface area contributed by atoms with Crippen LogP contribution < -0.4 is 0 Å². The Bertz CT molecular complexity index is 333. The lowest BCUT2D eigenvalue weighted by molar-refractivity contribution is -0.140. The Kier molecular flexibility index (Phi) is 9.88. The predicted octanol–water partition coefficient (Wildman–Crippen LogP) is 4.57. The first kappa shape index (κ1) is 18.0. The van der Waals surface area contributed by atoms with Crippen molar-refractivity contribution < 1.29 is 14.3 Å². The van der Waals surface area contributed by atoms with Crippen molar-refractivity contribution in [3.8, 4) is 0 Å². The van der Waals surface area contributed by atoms with Crippen LogP contribution in [0.3, 0.4) is 0 Å². The van der Waals surface area contributed by atoms with Crippen LogP contribution in [-0.2, 0) is 14.3 Å². The molecule has 0 spiro atoms. The summed E-state index contributed by atoms with van der Waals surface area (Å²) in [7, 11) is 1.45. The molecule has 1 aliphatic heterocycles. The Hall–Kier alpha value is -1.09. The van der Waals surface area contributed by atoms with Crippen molar-refractivity contribution in [2.24, 2.45) is 0 Å². The van der Waals surface area contributed by atoms with E-state index in [0.717, 1.165) is 32.1 Å². The summed E-state index contributed by atoms with van der Waals surface area (Å²) < 4.78 is 9.95. The lowest BCUT2D eigenvalue weighted by Crippen LogP contribution is -1.98. The fourth-order valence-corrected chi connectivity index (χ4v) is 2.26. The highest BCUT2D eigenvalue weighted by Gasteiger charge is 2.32. The van der Waals surface area contributed by atoms with E-state index in [9.17, 15) is 4.79 Å². The molecule has 21 heavy (non-hydrogen) atoms. The van der Waals surface area contributed by atoms with E-state index in [1.165, 1.54) is 26.4 Å². The standard InChI is InChI=1S/C18H30O3/c1-16-17(21-16)14-12-10-8-6-4-3-5-7-9-11-13-15-18(19)20-2/h4,6,10,12,16-17H,3,5,7-9,11,13-15H2,1-2H3/b6-4-,12-10-. The number of rotatable bonds is 12. The Morgan fingerprint density at radius 3 is 2.43 bits per heavy atom. The Balaban J connectivity index is 1.79. The SMILES string of the molecule is COC(=O)CCCCCCC/C=C\C/C=C\CC1OC1C. The Morgan fingerprint density at radius 1 is 1.05 bits per heavy atom. The summed E-state index contributed by atoms with van der Waals surface area (Å²) in [5, 5.41) is 0. The van der Waals surface area contributed by atoms with E-state index in [1.807, 2.05) is 0 Å². The molecule has 1 aliphatic rings. The quantitative estimate of drug-likeness (QED) is 0.229. The smallest absolute Gasteiger partial charge is 0.305 e. The van der Waals surface area contributed by atoms with Gasteiger partial charge in [0.25, 0.3) is 0 Å². The molecular weight excluding hydrogens is 264 g/mol. The van der Waals surface area contributed by atoms with Gasteiger partial charge < -0.3 is 9.47 Å². The fourth-order valence-electron chi connectivity index (χ4n) is 2.26. The zero-order valence-corrected chi connectivity index (χ0v) is 13.6. The number of carbonyl (C=O) groups excluding carboxylic acids is 1. The minimum Gasteiger partial charge on any atom is -0.469 e. The van der Waals surface area contributed by atoms with Gasteiger partial charge in [0, 0.05) is 6.42 Å². The first-order valence-corrected chi connectivity index (χ1v) is 8.26. The Labute approximate surface area is 129 Å². The highest BCUT2D eigenvalue weighted by Crippen LogP contribution is 2.24. The topological polar surface area (TPSA) is 38.8 Å². The zero-order chi connectivity index (χ0) is 15.3. The first-order chi connectivity index (χ1) is 10.2. The van der Waals surface area contributed by atoms with E-state index in [2.05, 4.69) is 36.0 Å². The van der Waals surface area contributed by atoms with Gasteiger partial charge in [-0.15, -0.1) is 0 Å². The van der Waals surface area contributed by atoms with Crippen LogP contribution in [0.1, 0.15) is 64.7 Å². The third-order valence-corrected chi connectivity index (χ3v) is 3.79. The number of allylic oxidation sites excluding steroid dienone is 3. The van der Waals surface area contributed by atoms with Crippen LogP contribution >= 0.6 is 0 Å². The van der Waals surface area contributed by atoms with Crippen LogP contribution in [-0.4, -0.2) is 25.3 Å². The zero-order valence-electron chi connectivity index (χ0n) is 13.6. The molecule has 0 saturated carbocycles. The molecule has 0 aromatic rings. The van der Waals surface area contributed by atoms with Crippen molar-refractivity contribution in [1.82, 2.24) is 0 Å². The number of hydrogen-bond acceptors (Lipinski definition) is 3. The second kappa shape index (κ2) is 11.6. The molecule has 3 heteroatoms. The highest BCUT2D eigenvalue weighted by molar-refractivity contribution is 5.68. The second-order valence-electron chi connectivity index (χ2n) is 5.68. The monoisotopic (exact) mass is 294 g/mol. The molecule has 1 heterocycles. The van der Waals surface area contributed by atoms with E-state index < -0.39 is 0 Å². The van der Waals surface area contributed by atoms with E-state index >= 15 is 0 Å². The van der Waals surface area contributed by atoms with E-state index in [4.69, 9.17) is 4.74 Å². The molecule has 0 aliphatic carbocycles. The molecule has 0 aromatic heterocycles. The van der Waals surface area contributed by atoms with Crippen molar-refractivity contribution in [2.45, 2.75) is 76.9 Å². The minimum atomic E-state index is -0.0892. The molecule has 1 fully saturated rings. The normalized spacial score (nSPS) is 21.2. The molecule has 1 saturated heterocycles. The molecule has 0 aromatic carbocycles. The van der Waals surface area contributed by atoms with Crippen molar-refractivity contribution in [1.29, 1.82) is 0 Å². The molecule has 2 unspecified atom stereocenters. The summed E-state index contributed by atoms with van der Waals surface area (Å²) in [6.45, 7) is 2.12. The van der Waals surface area contributed by atoms with Gasteiger partial charge in [0.2, 0.25) is 0 Å². The third-order valence-electron chi connectivity index (χ3n) is 3.79. The van der Waals surface area contributed by atoms with Gasteiger partial charge in [0.05, 0.1) is 19.3 Å².